The van der Waals surface area contributed by atoms with E-state index in [9.17, 15) is 0 Å². The lowest BCUT2D eigenvalue weighted by atomic mass is 9.90. The minimum atomic E-state index is 0.989. The Kier molecular flexibility index (Phi) is 1.83. The zero-order valence-corrected chi connectivity index (χ0v) is 8.13. The van der Waals surface area contributed by atoms with Gasteiger partial charge in [-0.3, -0.25) is 9.97 Å². The Balaban J connectivity index is 2.89. The summed E-state index contributed by atoms with van der Waals surface area (Å²) in [6, 6.07) is 6.08. The maximum atomic E-state index is 4.51. The van der Waals surface area contributed by atoms with Crippen molar-refractivity contribution in [2.75, 3.05) is 0 Å². The van der Waals surface area contributed by atoms with Crippen LogP contribution in [0.1, 0.15) is 5.56 Å². The molecule has 1 heterocycles. The number of fused-ring (bicyclic) bond motifs is 1. The molecule has 0 aliphatic heterocycles. The molecule has 0 amide bonds. The molecule has 0 saturated carbocycles. The van der Waals surface area contributed by atoms with E-state index in [0.29, 0.717) is 0 Å². The van der Waals surface area contributed by atoms with Gasteiger partial charge in [-0.15, -0.1) is 0 Å². The number of benzene rings is 1. The van der Waals surface area contributed by atoms with Crippen LogP contribution in [0.2, 0.25) is 0 Å². The van der Waals surface area contributed by atoms with Crippen molar-refractivity contribution < 1.29 is 0 Å². The average molecular weight is 168 g/mol. The number of hydrogen-bond acceptors (Lipinski definition) is 2. The molecule has 0 saturated heterocycles. The third kappa shape index (κ3) is 1.32. The fourth-order valence-corrected chi connectivity index (χ4v) is 1.39. The second-order valence-electron chi connectivity index (χ2n) is 3.34. The van der Waals surface area contributed by atoms with Crippen LogP contribution in [0.5, 0.6) is 0 Å². The van der Waals surface area contributed by atoms with Crippen LogP contribution in [0.25, 0.3) is 11.0 Å². The molecular weight excluding hydrogens is 158 g/mol. The molecule has 2 rings (SSSR count). The van der Waals surface area contributed by atoms with Gasteiger partial charge in [-0.25, -0.2) is 0 Å². The van der Waals surface area contributed by atoms with Gasteiger partial charge in [0.15, 0.2) is 15.7 Å². The molecule has 1 aromatic heterocycles. The average Bonchev–Trinajstić information content (AvgIpc) is 2.09. The van der Waals surface area contributed by atoms with E-state index in [0.717, 1.165) is 22.2 Å². The minimum absolute atomic E-state index is 0.989. The summed E-state index contributed by atoms with van der Waals surface area (Å²) in [7, 11) is 3.98. The molecule has 2 aromatic rings. The fraction of sp³-hybridized carbons (Fsp3) is 0.111. The van der Waals surface area contributed by atoms with Gasteiger partial charge < -0.3 is 0 Å². The number of rotatable bonds is 0. The lowest BCUT2D eigenvalue weighted by Gasteiger charge is -2.04. The van der Waals surface area contributed by atoms with Crippen molar-refractivity contribution in [1.29, 1.82) is 0 Å². The summed E-state index contributed by atoms with van der Waals surface area (Å²) in [4.78, 5) is 8.99. The highest BCUT2D eigenvalue weighted by atomic mass is 14.8. The summed E-state index contributed by atoms with van der Waals surface area (Å²) in [6.45, 7) is 2.06. The normalized spacial score (nSPS) is 10.5. The van der Waals surface area contributed by atoms with Gasteiger partial charge in [0, 0.05) is 11.2 Å². The summed E-state index contributed by atoms with van der Waals surface area (Å²) in [5.74, 6) is 0. The maximum absolute atomic E-state index is 4.51. The van der Waals surface area contributed by atoms with Crippen LogP contribution in [0.4, 0.5) is 0 Å². The van der Waals surface area contributed by atoms with Crippen LogP contribution in [0.3, 0.4) is 0 Å². The number of aryl methyl sites for hydroxylation is 1. The van der Waals surface area contributed by atoms with E-state index in [1.807, 2.05) is 27.8 Å². The van der Waals surface area contributed by atoms with E-state index in [2.05, 4.69) is 23.0 Å². The summed E-state index contributed by atoms with van der Waals surface area (Å²) >= 11 is 0. The highest BCUT2D eigenvalue weighted by Crippen LogP contribution is 2.10. The second-order valence-corrected chi connectivity index (χ2v) is 3.34. The monoisotopic (exact) mass is 168 g/mol. The molecule has 0 bridgehead atoms. The predicted octanol–water partition coefficient (Wildman–Crippen LogP) is -1.54. The van der Waals surface area contributed by atoms with Crippen LogP contribution in [-0.4, -0.2) is 25.7 Å². The predicted molar refractivity (Wildman–Crippen MR) is 60.6 cm³/mol. The van der Waals surface area contributed by atoms with Gasteiger partial charge in [0.05, 0.1) is 11.0 Å². The molecule has 2 nitrogen and oxygen atoms in total. The van der Waals surface area contributed by atoms with Crippen molar-refractivity contribution in [1.82, 2.24) is 9.97 Å². The van der Waals surface area contributed by atoms with E-state index in [1.165, 1.54) is 5.56 Å². The molecule has 0 aliphatic rings. The Morgan fingerprint density at radius 3 is 2.54 bits per heavy atom. The van der Waals surface area contributed by atoms with Crippen molar-refractivity contribution >= 4 is 37.9 Å². The first-order valence-corrected chi connectivity index (χ1v) is 4.39. The van der Waals surface area contributed by atoms with Crippen molar-refractivity contribution in [3.8, 4) is 0 Å². The van der Waals surface area contributed by atoms with Gasteiger partial charge in [-0.2, -0.15) is 0 Å². The van der Waals surface area contributed by atoms with Gasteiger partial charge in [0.2, 0.25) is 0 Å². The molecule has 1 aromatic carbocycles. The first kappa shape index (κ1) is 8.30. The Morgan fingerprint density at radius 2 is 1.77 bits per heavy atom. The first-order chi connectivity index (χ1) is 6.18. The Labute approximate surface area is 79.2 Å². The molecule has 0 unspecified atom stereocenters. The van der Waals surface area contributed by atoms with Crippen LogP contribution >= 0.6 is 0 Å². The number of para-hydroxylation sites is 1. The maximum Gasteiger partial charge on any atom is 0.165 e. The summed E-state index contributed by atoms with van der Waals surface area (Å²) in [5, 5.41) is 0. The number of hydrogen-bond donors (Lipinski definition) is 0. The first-order valence-electron chi connectivity index (χ1n) is 4.39. The highest BCUT2D eigenvalue weighted by Gasteiger charge is 2.01. The number of aromatic nitrogens is 2. The minimum Gasteiger partial charge on any atom is -0.261 e. The number of nitrogens with zero attached hydrogens (tertiary/aromatic N) is 2. The standard InChI is InChI=1S/C9H10B2N2/c1-5-3-2-4-6-7(5)13-9(11)8(10)12-6/h2-4H,10-11H2,1H3. The smallest absolute Gasteiger partial charge is 0.165 e. The van der Waals surface area contributed by atoms with Crippen molar-refractivity contribution in [3.05, 3.63) is 23.8 Å². The molecule has 4 heteroatoms. The topological polar surface area (TPSA) is 25.8 Å². The lowest BCUT2D eigenvalue weighted by molar-refractivity contribution is 1.35. The molecule has 0 spiro atoms. The quantitative estimate of drug-likeness (QED) is 0.445. The fourth-order valence-electron chi connectivity index (χ4n) is 1.39. The zero-order chi connectivity index (χ0) is 9.42. The van der Waals surface area contributed by atoms with E-state index >= 15 is 0 Å². The molecule has 0 radical (unpaired) electrons. The van der Waals surface area contributed by atoms with E-state index in [-0.39, 0.29) is 0 Å². The van der Waals surface area contributed by atoms with E-state index in [4.69, 9.17) is 0 Å². The lowest BCUT2D eigenvalue weighted by Crippen LogP contribution is -2.31. The van der Waals surface area contributed by atoms with Crippen molar-refractivity contribution in [3.63, 3.8) is 0 Å². The molecule has 0 atom stereocenters. The summed E-state index contributed by atoms with van der Waals surface area (Å²) in [5.41, 5.74) is 5.22. The molecule has 62 valence electrons. The van der Waals surface area contributed by atoms with Gasteiger partial charge in [-0.1, -0.05) is 12.1 Å². The second kappa shape index (κ2) is 2.87. The van der Waals surface area contributed by atoms with E-state index in [1.54, 1.807) is 0 Å². The van der Waals surface area contributed by atoms with E-state index < -0.39 is 0 Å². The third-order valence-corrected chi connectivity index (χ3v) is 2.31. The van der Waals surface area contributed by atoms with Gasteiger partial charge >= 0.3 is 0 Å². The van der Waals surface area contributed by atoms with Gasteiger partial charge in [0.25, 0.3) is 0 Å². The van der Waals surface area contributed by atoms with Crippen LogP contribution in [-0.2, 0) is 0 Å². The third-order valence-electron chi connectivity index (χ3n) is 2.31. The molecule has 13 heavy (non-hydrogen) atoms. The van der Waals surface area contributed by atoms with Crippen LogP contribution < -0.4 is 11.2 Å². The molecule has 0 aliphatic carbocycles. The van der Waals surface area contributed by atoms with Gasteiger partial charge in [0.1, 0.15) is 0 Å². The summed E-state index contributed by atoms with van der Waals surface area (Å²) < 4.78 is 0. The van der Waals surface area contributed by atoms with Gasteiger partial charge in [-0.05, 0) is 18.6 Å². The Morgan fingerprint density at radius 1 is 1.08 bits per heavy atom. The molecular formula is C9H10B2N2. The van der Waals surface area contributed by atoms with Crippen LogP contribution in [0, 0.1) is 6.92 Å². The molecule has 0 N–H and O–H groups in total. The zero-order valence-electron chi connectivity index (χ0n) is 8.13. The molecule has 0 fully saturated rings. The van der Waals surface area contributed by atoms with Crippen molar-refractivity contribution in [2.45, 2.75) is 6.92 Å². The summed E-state index contributed by atoms with van der Waals surface area (Å²) in [6.07, 6.45) is 0. The van der Waals surface area contributed by atoms with Crippen molar-refractivity contribution in [2.24, 2.45) is 0 Å². The SMILES string of the molecule is Bc1nc2cccc(C)c2nc1B. The largest absolute Gasteiger partial charge is 0.261 e. The Hall–Kier alpha value is -1.31. The van der Waals surface area contributed by atoms with Crippen LogP contribution in [0.15, 0.2) is 18.2 Å². The highest BCUT2D eigenvalue weighted by molar-refractivity contribution is 6.46. The Bertz CT molecular complexity index is 468.